The second kappa shape index (κ2) is 4.69. The lowest BCUT2D eigenvalue weighted by Gasteiger charge is -2.28. The highest BCUT2D eigenvalue weighted by Crippen LogP contribution is 2.48. The largest absolute Gasteiger partial charge is 0.345 e. The highest BCUT2D eigenvalue weighted by Gasteiger charge is 2.40. The Morgan fingerprint density at radius 1 is 1.28 bits per heavy atom. The van der Waals surface area contributed by atoms with Crippen molar-refractivity contribution in [2.75, 3.05) is 13.6 Å². The third-order valence-electron chi connectivity index (χ3n) is 5.20. The van der Waals surface area contributed by atoms with Crippen LogP contribution in [0.25, 0.3) is 0 Å². The van der Waals surface area contributed by atoms with Crippen molar-refractivity contribution >= 4 is 5.91 Å². The molecule has 2 fully saturated rings. The maximum absolute atomic E-state index is 12.3. The van der Waals surface area contributed by atoms with Crippen molar-refractivity contribution in [3.05, 3.63) is 12.2 Å². The third-order valence-corrected chi connectivity index (χ3v) is 5.20. The van der Waals surface area contributed by atoms with Crippen LogP contribution in [0.4, 0.5) is 0 Å². The van der Waals surface area contributed by atoms with Gasteiger partial charge in [0, 0.05) is 19.6 Å². The van der Waals surface area contributed by atoms with E-state index in [4.69, 9.17) is 5.73 Å². The Morgan fingerprint density at radius 3 is 2.67 bits per heavy atom. The fourth-order valence-corrected chi connectivity index (χ4v) is 4.24. The Morgan fingerprint density at radius 2 is 2.11 bits per heavy atom. The average Bonchev–Trinajstić information content (AvgIpc) is 3.03. The second-order valence-electron chi connectivity index (χ2n) is 6.54. The van der Waals surface area contributed by atoms with Crippen molar-refractivity contribution in [3.8, 4) is 0 Å². The van der Waals surface area contributed by atoms with Gasteiger partial charge in [-0.2, -0.15) is 0 Å². The van der Waals surface area contributed by atoms with Gasteiger partial charge in [0.25, 0.3) is 0 Å². The van der Waals surface area contributed by atoms with Gasteiger partial charge in [-0.3, -0.25) is 4.79 Å². The quantitative estimate of drug-likeness (QED) is 0.774. The maximum atomic E-state index is 12.3. The lowest BCUT2D eigenvalue weighted by Crippen LogP contribution is -2.37. The second-order valence-corrected chi connectivity index (χ2v) is 6.54. The first kappa shape index (κ1) is 12.2. The highest BCUT2D eigenvalue weighted by molar-refractivity contribution is 5.81. The highest BCUT2D eigenvalue weighted by atomic mass is 16.2. The maximum Gasteiger partial charge on any atom is 0.229 e. The van der Waals surface area contributed by atoms with E-state index in [0.717, 1.165) is 30.7 Å². The summed E-state index contributed by atoms with van der Waals surface area (Å²) in [6, 6.07) is 0.0786. The van der Waals surface area contributed by atoms with Gasteiger partial charge in [-0.1, -0.05) is 18.6 Å². The summed E-state index contributed by atoms with van der Waals surface area (Å²) in [7, 11) is 1.96. The molecule has 2 saturated carbocycles. The molecule has 0 spiro atoms. The predicted octanol–water partition coefficient (Wildman–Crippen LogP) is 1.78. The summed E-state index contributed by atoms with van der Waals surface area (Å²) in [5.41, 5.74) is 5.82. The van der Waals surface area contributed by atoms with Crippen LogP contribution in [-0.2, 0) is 4.79 Å². The Balaban J connectivity index is 1.53. The van der Waals surface area contributed by atoms with Crippen LogP contribution in [0.3, 0.4) is 0 Å². The lowest BCUT2D eigenvalue weighted by molar-refractivity contribution is -0.133. The number of nitrogens with two attached hydrogens (primary N) is 1. The van der Waals surface area contributed by atoms with Crippen LogP contribution >= 0.6 is 0 Å². The van der Waals surface area contributed by atoms with Crippen molar-refractivity contribution in [1.82, 2.24) is 4.90 Å². The van der Waals surface area contributed by atoms with Crippen molar-refractivity contribution in [2.24, 2.45) is 29.4 Å². The Labute approximate surface area is 109 Å². The number of carbonyl (C=O) groups is 1. The van der Waals surface area contributed by atoms with Crippen LogP contribution in [0, 0.1) is 23.7 Å². The van der Waals surface area contributed by atoms with E-state index in [1.807, 2.05) is 24.1 Å². The normalized spacial score (nSPS) is 41.6. The van der Waals surface area contributed by atoms with Crippen LogP contribution in [0.2, 0.25) is 0 Å². The first-order chi connectivity index (χ1) is 8.63. The number of carbonyl (C=O) groups excluding carboxylic acids is 1. The molecule has 0 saturated heterocycles. The molecule has 3 nitrogen and oxygen atoms in total. The monoisotopic (exact) mass is 248 g/mol. The molecule has 5 unspecified atom stereocenters. The van der Waals surface area contributed by atoms with Crippen LogP contribution in [0.1, 0.15) is 32.1 Å². The van der Waals surface area contributed by atoms with E-state index in [1.54, 1.807) is 0 Å². The van der Waals surface area contributed by atoms with Gasteiger partial charge in [0.05, 0.1) is 5.92 Å². The standard InChI is InChI=1S/C15H24N2O/c1-17(15(18)12-4-5-14(16)8-12)9-13-7-10-2-3-11(13)6-10/h4-5,10-14H,2-3,6-9,16H2,1H3. The van der Waals surface area contributed by atoms with Gasteiger partial charge < -0.3 is 10.6 Å². The zero-order chi connectivity index (χ0) is 12.7. The third kappa shape index (κ3) is 2.20. The number of fused-ring (bicyclic) bond motifs is 2. The number of nitrogens with zero attached hydrogens (tertiary/aromatic N) is 1. The van der Waals surface area contributed by atoms with Crippen LogP contribution in [0.5, 0.6) is 0 Å². The van der Waals surface area contributed by atoms with E-state index < -0.39 is 0 Å². The van der Waals surface area contributed by atoms with E-state index >= 15 is 0 Å². The predicted molar refractivity (Wildman–Crippen MR) is 71.8 cm³/mol. The Bertz CT molecular complexity index is 366. The molecule has 3 aliphatic carbocycles. The summed E-state index contributed by atoms with van der Waals surface area (Å²) in [5.74, 6) is 2.91. The number of rotatable bonds is 3. The molecule has 5 atom stereocenters. The topological polar surface area (TPSA) is 46.3 Å². The van der Waals surface area contributed by atoms with Crippen LogP contribution < -0.4 is 5.73 Å². The molecule has 2 N–H and O–H groups in total. The van der Waals surface area contributed by atoms with E-state index in [2.05, 4.69) is 0 Å². The molecule has 0 aliphatic heterocycles. The van der Waals surface area contributed by atoms with Gasteiger partial charge in [-0.25, -0.2) is 0 Å². The fourth-order valence-electron chi connectivity index (χ4n) is 4.24. The first-order valence-electron chi connectivity index (χ1n) is 7.32. The van der Waals surface area contributed by atoms with Gasteiger partial charge >= 0.3 is 0 Å². The molecular formula is C15H24N2O. The molecule has 100 valence electrons. The average molecular weight is 248 g/mol. The fraction of sp³-hybridized carbons (Fsp3) is 0.800. The number of amides is 1. The summed E-state index contributed by atoms with van der Waals surface area (Å²) < 4.78 is 0. The van der Waals surface area contributed by atoms with Crippen molar-refractivity contribution in [3.63, 3.8) is 0 Å². The molecule has 3 aliphatic rings. The summed E-state index contributed by atoms with van der Waals surface area (Å²) in [6.45, 7) is 0.958. The smallest absolute Gasteiger partial charge is 0.229 e. The van der Waals surface area contributed by atoms with Crippen LogP contribution in [0.15, 0.2) is 12.2 Å². The van der Waals surface area contributed by atoms with Gasteiger partial charge in [-0.15, -0.1) is 0 Å². The molecule has 0 aromatic rings. The van der Waals surface area contributed by atoms with Gasteiger partial charge in [0.2, 0.25) is 5.91 Å². The summed E-state index contributed by atoms with van der Waals surface area (Å²) in [4.78, 5) is 14.3. The van der Waals surface area contributed by atoms with E-state index in [9.17, 15) is 4.79 Å². The molecule has 2 bridgehead atoms. The molecule has 0 heterocycles. The minimum atomic E-state index is 0.0311. The number of hydrogen-bond donors (Lipinski definition) is 1. The summed E-state index contributed by atoms with van der Waals surface area (Å²) >= 11 is 0. The summed E-state index contributed by atoms with van der Waals surface area (Å²) in [6.07, 6.45) is 10.3. The molecule has 18 heavy (non-hydrogen) atoms. The molecule has 3 heteroatoms. The molecule has 0 aromatic heterocycles. The van der Waals surface area contributed by atoms with E-state index in [-0.39, 0.29) is 17.9 Å². The van der Waals surface area contributed by atoms with E-state index in [1.165, 1.54) is 25.7 Å². The van der Waals surface area contributed by atoms with Gasteiger partial charge in [0.1, 0.15) is 0 Å². The van der Waals surface area contributed by atoms with Crippen molar-refractivity contribution < 1.29 is 4.79 Å². The first-order valence-corrected chi connectivity index (χ1v) is 7.32. The van der Waals surface area contributed by atoms with Gasteiger partial charge in [0.15, 0.2) is 0 Å². The Kier molecular flexibility index (Phi) is 3.18. The van der Waals surface area contributed by atoms with Crippen molar-refractivity contribution in [1.29, 1.82) is 0 Å². The van der Waals surface area contributed by atoms with Crippen LogP contribution in [-0.4, -0.2) is 30.4 Å². The molecule has 1 amide bonds. The molecule has 0 aromatic carbocycles. The molecular weight excluding hydrogens is 224 g/mol. The molecule has 0 radical (unpaired) electrons. The van der Waals surface area contributed by atoms with E-state index in [0.29, 0.717) is 0 Å². The number of hydrogen-bond acceptors (Lipinski definition) is 2. The minimum Gasteiger partial charge on any atom is -0.345 e. The SMILES string of the molecule is CN(CC1CC2CCC1C2)C(=O)C1C=CC(N)C1. The Hall–Kier alpha value is -0.830. The zero-order valence-electron chi connectivity index (χ0n) is 11.2. The summed E-state index contributed by atoms with van der Waals surface area (Å²) in [5, 5.41) is 0. The van der Waals surface area contributed by atoms with Gasteiger partial charge in [-0.05, 0) is 43.4 Å². The molecule has 3 rings (SSSR count). The van der Waals surface area contributed by atoms with Crippen molar-refractivity contribution in [2.45, 2.75) is 38.1 Å². The zero-order valence-corrected chi connectivity index (χ0v) is 11.2. The lowest BCUT2D eigenvalue weighted by atomic mass is 9.88. The minimum absolute atomic E-state index is 0.0311.